The lowest BCUT2D eigenvalue weighted by molar-refractivity contribution is 0.0751. The number of piperazine rings is 1. The van der Waals surface area contributed by atoms with E-state index in [0.717, 1.165) is 57.9 Å². The molecule has 0 radical (unpaired) electrons. The van der Waals surface area contributed by atoms with E-state index in [9.17, 15) is 4.79 Å². The molecule has 0 unspecified atom stereocenters. The number of fused-ring (bicyclic) bond motifs is 1. The summed E-state index contributed by atoms with van der Waals surface area (Å²) in [6.07, 6.45) is 0. The fraction of sp³-hybridized carbons (Fsp3) is 0.250. The smallest absolute Gasteiger partial charge is 0.264 e. The van der Waals surface area contributed by atoms with Crippen molar-refractivity contribution < 1.29 is 4.79 Å². The van der Waals surface area contributed by atoms with E-state index in [1.165, 1.54) is 11.3 Å². The van der Waals surface area contributed by atoms with Crippen molar-refractivity contribution in [3.63, 3.8) is 0 Å². The Bertz CT molecular complexity index is 1110. The van der Waals surface area contributed by atoms with Crippen LogP contribution in [0, 0.1) is 6.92 Å². The van der Waals surface area contributed by atoms with Crippen LogP contribution < -0.4 is 4.90 Å². The Morgan fingerprint density at radius 3 is 2.54 bits per heavy atom. The van der Waals surface area contributed by atoms with Crippen molar-refractivity contribution in [2.45, 2.75) is 6.92 Å². The summed E-state index contributed by atoms with van der Waals surface area (Å²) in [5.41, 5.74) is 2.92. The topological polar surface area (TPSA) is 54.3 Å². The highest BCUT2D eigenvalue weighted by molar-refractivity contribution is 7.22. The first-order valence-corrected chi connectivity index (χ1v) is 10.9. The van der Waals surface area contributed by atoms with Gasteiger partial charge in [-0.2, -0.15) is 10.1 Å². The van der Waals surface area contributed by atoms with E-state index in [4.69, 9.17) is 4.98 Å². The maximum atomic E-state index is 12.5. The zero-order valence-corrected chi connectivity index (χ0v) is 17.0. The number of amides is 1. The van der Waals surface area contributed by atoms with Crippen molar-refractivity contribution in [3.05, 3.63) is 58.4 Å². The van der Waals surface area contributed by atoms with E-state index in [1.54, 1.807) is 11.3 Å². The van der Waals surface area contributed by atoms with Crippen LogP contribution in [0.2, 0.25) is 0 Å². The second-order valence-electron chi connectivity index (χ2n) is 6.74. The molecule has 4 heterocycles. The van der Waals surface area contributed by atoms with E-state index in [-0.39, 0.29) is 5.91 Å². The highest BCUT2D eigenvalue weighted by Gasteiger charge is 2.25. The maximum absolute atomic E-state index is 12.5. The highest BCUT2D eigenvalue weighted by atomic mass is 32.1. The minimum absolute atomic E-state index is 0.134. The molecule has 142 valence electrons. The number of aromatic nitrogens is 3. The third kappa shape index (κ3) is 2.98. The van der Waals surface area contributed by atoms with Gasteiger partial charge in [-0.3, -0.25) is 4.79 Å². The lowest BCUT2D eigenvalue weighted by atomic mass is 10.3. The van der Waals surface area contributed by atoms with Crippen molar-refractivity contribution in [2.24, 2.45) is 0 Å². The summed E-state index contributed by atoms with van der Waals surface area (Å²) in [6, 6.07) is 13.9. The number of para-hydroxylation sites is 1. The number of carbonyl (C=O) groups is 1. The number of aryl methyl sites for hydroxylation is 1. The molecule has 4 aromatic rings. The van der Waals surface area contributed by atoms with Crippen molar-refractivity contribution in [1.82, 2.24) is 19.7 Å². The van der Waals surface area contributed by atoms with Crippen molar-refractivity contribution in [3.8, 4) is 5.69 Å². The van der Waals surface area contributed by atoms with Crippen molar-refractivity contribution in [2.75, 3.05) is 31.1 Å². The molecule has 0 saturated carbocycles. The van der Waals surface area contributed by atoms with Crippen LogP contribution >= 0.6 is 22.7 Å². The Morgan fingerprint density at radius 2 is 1.82 bits per heavy atom. The Labute approximate surface area is 170 Å². The van der Waals surface area contributed by atoms with Gasteiger partial charge in [0.05, 0.1) is 21.0 Å². The molecular formula is C20H19N5OS2. The summed E-state index contributed by atoms with van der Waals surface area (Å²) in [7, 11) is 0. The van der Waals surface area contributed by atoms with Crippen LogP contribution in [-0.2, 0) is 0 Å². The summed E-state index contributed by atoms with van der Waals surface area (Å²) >= 11 is 3.19. The molecule has 1 saturated heterocycles. The van der Waals surface area contributed by atoms with Gasteiger partial charge in [-0.1, -0.05) is 35.6 Å². The van der Waals surface area contributed by atoms with E-state index in [0.29, 0.717) is 0 Å². The van der Waals surface area contributed by atoms with E-state index < -0.39 is 0 Å². The van der Waals surface area contributed by atoms with Gasteiger partial charge < -0.3 is 9.80 Å². The molecule has 0 bridgehead atoms. The molecule has 0 N–H and O–H groups in total. The van der Waals surface area contributed by atoms with Crippen LogP contribution in [0.1, 0.15) is 15.4 Å². The van der Waals surface area contributed by atoms with Gasteiger partial charge in [0, 0.05) is 26.2 Å². The number of thiophene rings is 1. The number of carbonyl (C=O) groups excluding carboxylic acids is 1. The van der Waals surface area contributed by atoms with E-state index >= 15 is 0 Å². The van der Waals surface area contributed by atoms with Crippen molar-refractivity contribution in [1.29, 1.82) is 0 Å². The average molecular weight is 410 g/mol. The van der Waals surface area contributed by atoms with Crippen LogP contribution in [0.15, 0.2) is 47.8 Å². The Hall–Kier alpha value is -2.71. The van der Waals surface area contributed by atoms with Gasteiger partial charge in [-0.25, -0.2) is 4.68 Å². The number of thiazole rings is 1. The molecule has 1 amide bonds. The summed E-state index contributed by atoms with van der Waals surface area (Å²) in [6.45, 7) is 5.06. The zero-order valence-electron chi connectivity index (χ0n) is 15.4. The van der Waals surface area contributed by atoms with E-state index in [1.807, 2.05) is 64.4 Å². The van der Waals surface area contributed by atoms with Gasteiger partial charge in [0.1, 0.15) is 0 Å². The quantitative estimate of drug-likeness (QED) is 0.516. The summed E-state index contributed by atoms with van der Waals surface area (Å²) in [5, 5.41) is 7.61. The van der Waals surface area contributed by atoms with Gasteiger partial charge in [0.2, 0.25) is 0 Å². The number of hydrogen-bond donors (Lipinski definition) is 0. The van der Waals surface area contributed by atoms with Crippen LogP contribution in [-0.4, -0.2) is 51.8 Å². The average Bonchev–Trinajstić information content (AvgIpc) is 3.47. The highest BCUT2D eigenvalue weighted by Crippen LogP contribution is 2.33. The zero-order chi connectivity index (χ0) is 19.1. The van der Waals surface area contributed by atoms with Crippen LogP contribution in [0.5, 0.6) is 0 Å². The Morgan fingerprint density at radius 1 is 1.04 bits per heavy atom. The SMILES string of the molecule is Cc1nn(-c2ccccc2)c2nc(N3CCN(C(=O)c4cccs4)CC3)sc12. The predicted octanol–water partition coefficient (Wildman–Crippen LogP) is 3.81. The predicted molar refractivity (Wildman–Crippen MR) is 114 cm³/mol. The molecule has 1 aliphatic rings. The normalized spacial score (nSPS) is 14.8. The summed E-state index contributed by atoms with van der Waals surface area (Å²) in [5.74, 6) is 0.134. The van der Waals surface area contributed by atoms with Gasteiger partial charge in [-0.15, -0.1) is 11.3 Å². The molecule has 6 nitrogen and oxygen atoms in total. The number of hydrogen-bond acceptors (Lipinski definition) is 6. The van der Waals surface area contributed by atoms with Gasteiger partial charge in [0.15, 0.2) is 10.8 Å². The second-order valence-corrected chi connectivity index (χ2v) is 8.66. The third-order valence-electron chi connectivity index (χ3n) is 4.95. The monoisotopic (exact) mass is 409 g/mol. The lowest BCUT2D eigenvalue weighted by Gasteiger charge is -2.34. The standard InChI is InChI=1S/C20H19N5OS2/c1-14-17-18(25(22-14)15-6-3-2-4-7-15)21-20(28-17)24-11-9-23(10-12-24)19(26)16-8-5-13-27-16/h2-8,13H,9-12H2,1H3. The summed E-state index contributed by atoms with van der Waals surface area (Å²) in [4.78, 5) is 22.5. The van der Waals surface area contributed by atoms with Gasteiger partial charge in [-0.05, 0) is 30.5 Å². The van der Waals surface area contributed by atoms with Crippen LogP contribution in [0.25, 0.3) is 16.0 Å². The van der Waals surface area contributed by atoms with Crippen LogP contribution in [0.4, 0.5) is 5.13 Å². The first kappa shape index (κ1) is 17.4. The number of rotatable bonds is 3. The minimum atomic E-state index is 0.134. The molecule has 0 aliphatic carbocycles. The molecule has 5 rings (SSSR count). The Balaban J connectivity index is 1.37. The molecule has 0 spiro atoms. The molecule has 0 atom stereocenters. The molecular weight excluding hydrogens is 390 g/mol. The molecule has 8 heteroatoms. The molecule has 1 aromatic carbocycles. The number of nitrogens with zero attached hydrogens (tertiary/aromatic N) is 5. The second kappa shape index (κ2) is 7.03. The fourth-order valence-electron chi connectivity index (χ4n) is 3.46. The first-order valence-electron chi connectivity index (χ1n) is 9.20. The number of anilines is 1. The van der Waals surface area contributed by atoms with Crippen LogP contribution in [0.3, 0.4) is 0 Å². The third-order valence-corrected chi connectivity index (χ3v) is 7.02. The largest absolute Gasteiger partial charge is 0.344 e. The molecule has 3 aromatic heterocycles. The minimum Gasteiger partial charge on any atom is -0.344 e. The van der Waals surface area contributed by atoms with Gasteiger partial charge in [0.25, 0.3) is 5.91 Å². The Kier molecular flexibility index (Phi) is 4.37. The van der Waals surface area contributed by atoms with E-state index in [2.05, 4.69) is 10.00 Å². The number of benzene rings is 1. The summed E-state index contributed by atoms with van der Waals surface area (Å²) < 4.78 is 3.04. The maximum Gasteiger partial charge on any atom is 0.264 e. The van der Waals surface area contributed by atoms with Gasteiger partial charge >= 0.3 is 0 Å². The molecule has 28 heavy (non-hydrogen) atoms. The first-order chi connectivity index (χ1) is 13.7. The van der Waals surface area contributed by atoms with Crippen molar-refractivity contribution >= 4 is 44.1 Å². The molecule has 1 fully saturated rings. The molecule has 1 aliphatic heterocycles. The fourth-order valence-corrected chi connectivity index (χ4v) is 5.19. The lowest BCUT2D eigenvalue weighted by Crippen LogP contribution is -2.48.